The Morgan fingerprint density at radius 3 is 2.70 bits per heavy atom. The van der Waals surface area contributed by atoms with Crippen LogP contribution in [0, 0.1) is 11.3 Å². The van der Waals surface area contributed by atoms with E-state index in [1.54, 1.807) is 31.4 Å². The highest BCUT2D eigenvalue weighted by atomic mass is 16.5. The minimum atomic E-state index is -0.342. The monoisotopic (exact) mass is 440 g/mol. The maximum Gasteiger partial charge on any atom is 0.310 e. The normalized spacial score (nSPS) is 10.7. The summed E-state index contributed by atoms with van der Waals surface area (Å²) < 4.78 is 16.8. The van der Waals surface area contributed by atoms with Gasteiger partial charge >= 0.3 is 5.97 Å². The van der Waals surface area contributed by atoms with Gasteiger partial charge in [-0.15, -0.1) is 0 Å². The van der Waals surface area contributed by atoms with Gasteiger partial charge in [-0.2, -0.15) is 5.26 Å². The molecule has 2 N–H and O–H groups in total. The lowest BCUT2D eigenvalue weighted by atomic mass is 10.0. The van der Waals surface area contributed by atoms with Crippen LogP contribution in [0.2, 0.25) is 0 Å². The third-order valence-electron chi connectivity index (χ3n) is 5.37. The molecule has 6 nitrogen and oxygen atoms in total. The first kappa shape index (κ1) is 22.1. The van der Waals surface area contributed by atoms with E-state index in [0.29, 0.717) is 30.0 Å². The van der Waals surface area contributed by atoms with Gasteiger partial charge in [-0.3, -0.25) is 4.79 Å². The van der Waals surface area contributed by atoms with Crippen LogP contribution in [0.25, 0.3) is 22.1 Å². The molecule has 0 saturated carbocycles. The Kier molecular flexibility index (Phi) is 6.72. The van der Waals surface area contributed by atoms with Crippen LogP contribution in [0.3, 0.4) is 0 Å². The van der Waals surface area contributed by atoms with Crippen molar-refractivity contribution in [1.29, 1.82) is 5.26 Å². The van der Waals surface area contributed by atoms with Gasteiger partial charge in [-0.1, -0.05) is 30.3 Å². The minimum absolute atomic E-state index is 0.0721. The molecule has 33 heavy (non-hydrogen) atoms. The number of hydrogen-bond acceptors (Lipinski definition) is 6. The average molecular weight is 440 g/mol. The smallest absolute Gasteiger partial charge is 0.310 e. The van der Waals surface area contributed by atoms with Gasteiger partial charge in [0.2, 0.25) is 0 Å². The molecule has 0 saturated heterocycles. The number of carbonyl (C=O) groups is 1. The van der Waals surface area contributed by atoms with E-state index in [0.717, 1.165) is 33.2 Å². The zero-order valence-corrected chi connectivity index (χ0v) is 18.3. The van der Waals surface area contributed by atoms with E-state index in [9.17, 15) is 10.1 Å². The average Bonchev–Trinajstić information content (AvgIpc) is 3.25. The van der Waals surface area contributed by atoms with Crippen molar-refractivity contribution >= 4 is 16.9 Å². The maximum atomic E-state index is 12.0. The van der Waals surface area contributed by atoms with Gasteiger partial charge in [0.05, 0.1) is 30.9 Å². The number of rotatable bonds is 8. The molecule has 0 radical (unpaired) electrons. The number of fused-ring (bicyclic) bond motifs is 1. The molecule has 1 heterocycles. The van der Waals surface area contributed by atoms with Crippen molar-refractivity contribution in [3.05, 3.63) is 89.2 Å². The largest absolute Gasteiger partial charge is 0.488 e. The number of nitrogens with zero attached hydrogens (tertiary/aromatic N) is 1. The van der Waals surface area contributed by atoms with E-state index in [-0.39, 0.29) is 19.0 Å². The van der Waals surface area contributed by atoms with Crippen LogP contribution >= 0.6 is 0 Å². The molecular formula is C27H24N2O4. The van der Waals surface area contributed by atoms with E-state index in [1.807, 2.05) is 30.3 Å². The number of benzene rings is 3. The summed E-state index contributed by atoms with van der Waals surface area (Å²) in [6.45, 7) is 2.78. The van der Waals surface area contributed by atoms with Gasteiger partial charge in [0.25, 0.3) is 0 Å². The Morgan fingerprint density at radius 1 is 1.06 bits per heavy atom. The highest BCUT2D eigenvalue weighted by Gasteiger charge is 2.14. The number of ether oxygens (including phenoxy) is 2. The zero-order valence-electron chi connectivity index (χ0n) is 18.3. The van der Waals surface area contributed by atoms with Crippen LogP contribution in [0.4, 0.5) is 0 Å². The molecule has 4 rings (SSSR count). The van der Waals surface area contributed by atoms with Crippen LogP contribution in [0.15, 0.2) is 71.3 Å². The highest BCUT2D eigenvalue weighted by Crippen LogP contribution is 2.30. The number of nitriles is 1. The van der Waals surface area contributed by atoms with Gasteiger partial charge in [0.15, 0.2) is 0 Å². The Hall–Kier alpha value is -4.08. The summed E-state index contributed by atoms with van der Waals surface area (Å²) in [7, 11) is 0. The summed E-state index contributed by atoms with van der Waals surface area (Å²) >= 11 is 0. The lowest BCUT2D eigenvalue weighted by molar-refractivity contribution is -0.142. The molecule has 0 spiro atoms. The Morgan fingerprint density at radius 2 is 1.91 bits per heavy atom. The van der Waals surface area contributed by atoms with Crippen LogP contribution < -0.4 is 10.5 Å². The Balaban J connectivity index is 1.61. The van der Waals surface area contributed by atoms with Crippen molar-refractivity contribution in [3.63, 3.8) is 0 Å². The molecule has 166 valence electrons. The van der Waals surface area contributed by atoms with Gasteiger partial charge < -0.3 is 19.6 Å². The summed E-state index contributed by atoms with van der Waals surface area (Å²) in [5.74, 6) is 0.133. The predicted octanol–water partition coefficient (Wildman–Crippen LogP) is 5.11. The number of esters is 1. The van der Waals surface area contributed by atoms with Crippen LogP contribution in [-0.4, -0.2) is 12.6 Å². The van der Waals surface area contributed by atoms with Gasteiger partial charge in [0.1, 0.15) is 17.9 Å². The molecule has 0 aliphatic carbocycles. The second-order valence-corrected chi connectivity index (χ2v) is 7.58. The molecule has 4 aromatic rings. The zero-order chi connectivity index (χ0) is 23.2. The molecule has 6 heteroatoms. The second kappa shape index (κ2) is 10.0. The predicted molar refractivity (Wildman–Crippen MR) is 125 cm³/mol. The fraction of sp³-hybridized carbons (Fsp3) is 0.185. The fourth-order valence-corrected chi connectivity index (χ4v) is 3.68. The molecule has 0 atom stereocenters. The van der Waals surface area contributed by atoms with E-state index >= 15 is 0 Å². The maximum absolute atomic E-state index is 12.0. The van der Waals surface area contributed by atoms with E-state index in [1.165, 1.54) is 0 Å². The topological polar surface area (TPSA) is 98.5 Å². The first-order valence-corrected chi connectivity index (χ1v) is 10.7. The number of nitrogens with two attached hydrogens (primary N) is 1. The van der Waals surface area contributed by atoms with E-state index in [4.69, 9.17) is 19.6 Å². The molecule has 0 unspecified atom stereocenters. The first-order chi connectivity index (χ1) is 16.1. The molecule has 1 aromatic heterocycles. The molecule has 0 fully saturated rings. The van der Waals surface area contributed by atoms with Crippen molar-refractivity contribution < 1.29 is 18.7 Å². The molecule has 0 amide bonds. The number of furan rings is 1. The van der Waals surface area contributed by atoms with Crippen molar-refractivity contribution in [2.45, 2.75) is 26.5 Å². The third kappa shape index (κ3) is 5.05. The fourth-order valence-electron chi connectivity index (χ4n) is 3.68. The SMILES string of the molecule is CCOC(=O)Cc1ccc(C#N)cc1OCc1coc2ccc(-c3cccc(CN)c3)cc12. The van der Waals surface area contributed by atoms with Crippen molar-refractivity contribution in [3.8, 4) is 22.9 Å². The standard InChI is InChI=1S/C27H24N2O4/c1-2-31-27(30)13-22-7-6-19(15-29)11-26(22)33-17-23-16-32-25-9-8-21(12-24(23)25)20-5-3-4-18(10-20)14-28/h3-12,16H,2,13-14,17,28H2,1H3. The lowest BCUT2D eigenvalue weighted by Crippen LogP contribution is -2.09. The molecule has 0 bridgehead atoms. The summed E-state index contributed by atoms with van der Waals surface area (Å²) in [5.41, 5.74) is 11.7. The van der Waals surface area contributed by atoms with Crippen LogP contribution in [0.5, 0.6) is 5.75 Å². The molecule has 0 aliphatic rings. The summed E-state index contributed by atoms with van der Waals surface area (Å²) in [6, 6.07) is 21.3. The van der Waals surface area contributed by atoms with Gasteiger partial charge in [-0.25, -0.2) is 0 Å². The van der Waals surface area contributed by atoms with Crippen molar-refractivity contribution in [1.82, 2.24) is 0 Å². The summed E-state index contributed by atoms with van der Waals surface area (Å²) in [5, 5.41) is 10.2. The minimum Gasteiger partial charge on any atom is -0.488 e. The lowest BCUT2D eigenvalue weighted by Gasteiger charge is -2.11. The number of carbonyl (C=O) groups excluding carboxylic acids is 1. The van der Waals surface area contributed by atoms with Crippen LogP contribution in [-0.2, 0) is 29.1 Å². The Bertz CT molecular complexity index is 1330. The first-order valence-electron chi connectivity index (χ1n) is 10.7. The van der Waals surface area contributed by atoms with Crippen LogP contribution in [0.1, 0.15) is 29.2 Å². The summed E-state index contributed by atoms with van der Waals surface area (Å²) in [4.78, 5) is 12.0. The Labute approximate surface area is 192 Å². The quantitative estimate of drug-likeness (QED) is 0.382. The summed E-state index contributed by atoms with van der Waals surface area (Å²) in [6.07, 6.45) is 1.74. The van der Waals surface area contributed by atoms with Gasteiger partial charge in [-0.05, 0) is 53.9 Å². The molecule has 3 aromatic carbocycles. The number of hydrogen-bond donors (Lipinski definition) is 1. The highest BCUT2D eigenvalue weighted by molar-refractivity contribution is 5.86. The van der Waals surface area contributed by atoms with Crippen molar-refractivity contribution in [2.75, 3.05) is 6.61 Å². The molecule has 0 aliphatic heterocycles. The van der Waals surface area contributed by atoms with Crippen molar-refractivity contribution in [2.24, 2.45) is 5.73 Å². The second-order valence-electron chi connectivity index (χ2n) is 7.58. The van der Waals surface area contributed by atoms with Gasteiger partial charge in [0, 0.05) is 23.1 Å². The van der Waals surface area contributed by atoms with E-state index in [2.05, 4.69) is 18.2 Å². The third-order valence-corrected chi connectivity index (χ3v) is 5.37. The van der Waals surface area contributed by atoms with E-state index < -0.39 is 0 Å². The molecular weight excluding hydrogens is 416 g/mol.